The van der Waals surface area contributed by atoms with Crippen LogP contribution in [0.1, 0.15) is 0 Å². The van der Waals surface area contributed by atoms with Gasteiger partial charge in [0.25, 0.3) is 5.92 Å². The summed E-state index contributed by atoms with van der Waals surface area (Å²) in [6, 6.07) is 0. The van der Waals surface area contributed by atoms with Gasteiger partial charge in [0.2, 0.25) is 10.0 Å². The van der Waals surface area contributed by atoms with Crippen molar-refractivity contribution in [3.8, 4) is 0 Å². The summed E-state index contributed by atoms with van der Waals surface area (Å²) in [7, 11) is -3.94. The van der Waals surface area contributed by atoms with E-state index in [0.717, 1.165) is 12.4 Å². The molecule has 0 unspecified atom stereocenters. The summed E-state index contributed by atoms with van der Waals surface area (Å²) in [4.78, 5) is -0.199. The van der Waals surface area contributed by atoms with Crippen LogP contribution in [-0.4, -0.2) is 37.6 Å². The highest BCUT2D eigenvalue weighted by Crippen LogP contribution is 2.11. The van der Waals surface area contributed by atoms with Crippen molar-refractivity contribution in [2.24, 2.45) is 5.73 Å². The topological polar surface area (TPSA) is 101 Å². The average Bonchev–Trinajstić information content (AvgIpc) is 2.69. The van der Waals surface area contributed by atoms with E-state index in [1.165, 1.54) is 0 Å². The van der Waals surface area contributed by atoms with Crippen molar-refractivity contribution in [1.82, 2.24) is 14.9 Å². The highest BCUT2D eigenvalue weighted by atomic mass is 32.2. The van der Waals surface area contributed by atoms with Gasteiger partial charge >= 0.3 is 0 Å². The number of hydrogen-bond donors (Lipinski definition) is 3. The Labute approximate surface area is 84.9 Å². The molecule has 1 rings (SSSR count). The molecular weight excluding hydrogens is 230 g/mol. The first-order valence-electron chi connectivity index (χ1n) is 3.94. The Bertz CT molecular complexity index is 403. The van der Waals surface area contributed by atoms with E-state index in [4.69, 9.17) is 5.73 Å². The first-order valence-corrected chi connectivity index (χ1v) is 5.42. The summed E-state index contributed by atoms with van der Waals surface area (Å²) in [6.45, 7) is -1.95. The maximum Gasteiger partial charge on any atom is 0.273 e. The number of sulfonamides is 1. The highest BCUT2D eigenvalue weighted by molar-refractivity contribution is 7.89. The molecular formula is C6H10F2N4O2S. The summed E-state index contributed by atoms with van der Waals surface area (Å²) in [5.74, 6) is -3.25. The van der Waals surface area contributed by atoms with Gasteiger partial charge in [0.15, 0.2) is 0 Å². The van der Waals surface area contributed by atoms with Gasteiger partial charge < -0.3 is 5.73 Å². The minimum absolute atomic E-state index is 0.199. The molecule has 0 aromatic carbocycles. The minimum Gasteiger partial charge on any atom is -0.325 e. The molecule has 0 fully saturated rings. The van der Waals surface area contributed by atoms with Gasteiger partial charge in [-0.05, 0) is 0 Å². The molecule has 1 aromatic heterocycles. The van der Waals surface area contributed by atoms with Crippen LogP contribution in [0.4, 0.5) is 8.78 Å². The summed E-state index contributed by atoms with van der Waals surface area (Å²) in [6.07, 6.45) is 2.10. The molecule has 0 amide bonds. The molecule has 0 radical (unpaired) electrons. The molecule has 86 valence electrons. The lowest BCUT2D eigenvalue weighted by Gasteiger charge is -2.13. The van der Waals surface area contributed by atoms with E-state index in [1.807, 2.05) is 0 Å². The number of nitrogens with one attached hydrogen (secondary N) is 2. The molecule has 0 aliphatic heterocycles. The third-order valence-electron chi connectivity index (χ3n) is 1.60. The Hall–Kier alpha value is -1.06. The molecule has 1 heterocycles. The standard InChI is InChI=1S/C6H10F2N4O2S/c7-6(8,3-9)4-12-15(13,14)5-1-10-11-2-5/h1-2,12H,3-4,9H2,(H,10,11). The number of nitrogens with two attached hydrogens (primary N) is 1. The fourth-order valence-corrected chi connectivity index (χ4v) is 1.71. The van der Waals surface area contributed by atoms with Crippen LogP contribution in [0, 0.1) is 0 Å². The third kappa shape index (κ3) is 3.22. The van der Waals surface area contributed by atoms with Gasteiger partial charge in [-0.1, -0.05) is 0 Å². The summed E-state index contributed by atoms with van der Waals surface area (Å²) < 4.78 is 49.7. The highest BCUT2D eigenvalue weighted by Gasteiger charge is 2.29. The molecule has 0 saturated heterocycles. The first kappa shape index (κ1) is 12.0. The molecule has 0 spiro atoms. The summed E-state index contributed by atoms with van der Waals surface area (Å²) in [5, 5.41) is 5.66. The van der Waals surface area contributed by atoms with Gasteiger partial charge in [0, 0.05) is 6.20 Å². The Morgan fingerprint density at radius 3 is 2.73 bits per heavy atom. The molecule has 0 aliphatic rings. The Balaban J connectivity index is 2.67. The number of aromatic nitrogens is 2. The number of rotatable bonds is 5. The SMILES string of the molecule is NCC(F)(F)CNS(=O)(=O)c1cn[nH]c1. The van der Waals surface area contributed by atoms with Crippen LogP contribution in [0.5, 0.6) is 0 Å². The third-order valence-corrected chi connectivity index (χ3v) is 2.97. The summed E-state index contributed by atoms with van der Waals surface area (Å²) >= 11 is 0. The zero-order valence-electron chi connectivity index (χ0n) is 7.57. The zero-order valence-corrected chi connectivity index (χ0v) is 8.39. The zero-order chi connectivity index (χ0) is 11.5. The van der Waals surface area contributed by atoms with E-state index in [2.05, 4.69) is 10.2 Å². The van der Waals surface area contributed by atoms with Gasteiger partial charge in [-0.15, -0.1) is 0 Å². The Morgan fingerprint density at radius 1 is 1.60 bits per heavy atom. The maximum absolute atomic E-state index is 12.6. The van der Waals surface area contributed by atoms with E-state index in [-0.39, 0.29) is 4.90 Å². The van der Waals surface area contributed by atoms with E-state index >= 15 is 0 Å². The predicted molar refractivity (Wildman–Crippen MR) is 47.8 cm³/mol. The first-order chi connectivity index (χ1) is 6.87. The number of halogens is 2. The predicted octanol–water partition coefficient (Wildman–Crippen LogP) is -0.718. The van der Waals surface area contributed by atoms with E-state index in [0.29, 0.717) is 0 Å². The second kappa shape index (κ2) is 4.21. The molecule has 0 saturated carbocycles. The van der Waals surface area contributed by atoms with E-state index in [1.54, 1.807) is 4.72 Å². The molecule has 0 aliphatic carbocycles. The number of hydrogen-bond acceptors (Lipinski definition) is 4. The van der Waals surface area contributed by atoms with Crippen LogP contribution in [0.25, 0.3) is 0 Å². The fourth-order valence-electron chi connectivity index (χ4n) is 0.742. The van der Waals surface area contributed by atoms with E-state index < -0.39 is 29.0 Å². The number of aromatic amines is 1. The van der Waals surface area contributed by atoms with E-state index in [9.17, 15) is 17.2 Å². The molecule has 6 nitrogen and oxygen atoms in total. The molecule has 15 heavy (non-hydrogen) atoms. The smallest absolute Gasteiger partial charge is 0.273 e. The lowest BCUT2D eigenvalue weighted by atomic mass is 10.3. The van der Waals surface area contributed by atoms with Crippen LogP contribution >= 0.6 is 0 Å². The number of H-pyrrole nitrogens is 1. The van der Waals surface area contributed by atoms with Crippen molar-refractivity contribution in [1.29, 1.82) is 0 Å². The van der Waals surface area contributed by atoms with Gasteiger partial charge in [0.1, 0.15) is 4.90 Å². The number of nitrogens with zero attached hydrogens (tertiary/aromatic N) is 1. The van der Waals surface area contributed by atoms with Crippen molar-refractivity contribution >= 4 is 10.0 Å². The largest absolute Gasteiger partial charge is 0.325 e. The van der Waals surface area contributed by atoms with Crippen molar-refractivity contribution in [3.05, 3.63) is 12.4 Å². The van der Waals surface area contributed by atoms with Gasteiger partial charge in [0.05, 0.1) is 19.3 Å². The molecule has 0 bridgehead atoms. The maximum atomic E-state index is 12.6. The lowest BCUT2D eigenvalue weighted by Crippen LogP contribution is -2.41. The average molecular weight is 240 g/mol. The van der Waals surface area contributed by atoms with Crippen molar-refractivity contribution < 1.29 is 17.2 Å². The Kier molecular flexibility index (Phi) is 3.37. The van der Waals surface area contributed by atoms with Gasteiger partial charge in [-0.3, -0.25) is 5.10 Å². The normalized spacial score (nSPS) is 13.0. The van der Waals surface area contributed by atoms with Gasteiger partial charge in [-0.2, -0.15) is 5.10 Å². The monoisotopic (exact) mass is 240 g/mol. The molecule has 1 aromatic rings. The second-order valence-electron chi connectivity index (χ2n) is 2.82. The molecule has 0 atom stereocenters. The fraction of sp³-hybridized carbons (Fsp3) is 0.500. The lowest BCUT2D eigenvalue weighted by molar-refractivity contribution is 0.0170. The van der Waals surface area contributed by atoms with Crippen LogP contribution < -0.4 is 10.5 Å². The van der Waals surface area contributed by atoms with Crippen molar-refractivity contribution in [2.75, 3.05) is 13.1 Å². The van der Waals surface area contributed by atoms with Crippen LogP contribution in [0.15, 0.2) is 17.3 Å². The van der Waals surface area contributed by atoms with Crippen molar-refractivity contribution in [3.63, 3.8) is 0 Å². The Morgan fingerprint density at radius 2 is 2.27 bits per heavy atom. The number of alkyl halides is 2. The van der Waals surface area contributed by atoms with Crippen LogP contribution in [-0.2, 0) is 10.0 Å². The quantitative estimate of drug-likeness (QED) is 0.632. The van der Waals surface area contributed by atoms with Crippen LogP contribution in [0.2, 0.25) is 0 Å². The molecule has 9 heteroatoms. The minimum atomic E-state index is -3.94. The van der Waals surface area contributed by atoms with Crippen LogP contribution in [0.3, 0.4) is 0 Å². The molecule has 4 N–H and O–H groups in total. The van der Waals surface area contributed by atoms with Gasteiger partial charge in [-0.25, -0.2) is 21.9 Å². The van der Waals surface area contributed by atoms with Crippen molar-refractivity contribution in [2.45, 2.75) is 10.8 Å². The second-order valence-corrected chi connectivity index (χ2v) is 4.59. The summed E-state index contributed by atoms with van der Waals surface area (Å²) in [5.41, 5.74) is 4.75.